The summed E-state index contributed by atoms with van der Waals surface area (Å²) in [6, 6.07) is 0. The molecule has 0 aromatic heterocycles. The van der Waals surface area contributed by atoms with E-state index in [0.717, 1.165) is 12.3 Å². The fourth-order valence-corrected chi connectivity index (χ4v) is 11.9. The third kappa shape index (κ3) is 9.35. The van der Waals surface area contributed by atoms with Crippen molar-refractivity contribution in [3.8, 4) is 0 Å². The fraction of sp³-hybridized carbons (Fsp3) is 0.571. The zero-order valence-electron chi connectivity index (χ0n) is 44.1. The summed E-state index contributed by atoms with van der Waals surface area (Å²) < 4.78 is 64.7. The van der Waals surface area contributed by atoms with Crippen LogP contribution in [-0.2, 0) is 90.5 Å². The summed E-state index contributed by atoms with van der Waals surface area (Å²) in [5, 5.41) is 2.79. The summed E-state index contributed by atoms with van der Waals surface area (Å²) in [4.78, 5) is 121. The first-order valence-corrected chi connectivity index (χ1v) is 25.4. The summed E-state index contributed by atoms with van der Waals surface area (Å²) in [6.07, 6.45) is 12.1. The van der Waals surface area contributed by atoms with Gasteiger partial charge in [-0.3, -0.25) is 19.2 Å². The lowest BCUT2D eigenvalue weighted by molar-refractivity contribution is -0.211. The highest BCUT2D eigenvalue weighted by Crippen LogP contribution is 2.73. The first-order valence-electron chi connectivity index (χ1n) is 25.4. The van der Waals surface area contributed by atoms with E-state index in [2.05, 4.69) is 31.5 Å². The molecular weight excluding hydrogens is 1010 g/mol. The molecule has 0 aromatic rings. The van der Waals surface area contributed by atoms with Crippen LogP contribution in [0.25, 0.3) is 0 Å². The van der Waals surface area contributed by atoms with E-state index in [0.29, 0.717) is 6.42 Å². The lowest BCUT2D eigenvalue weighted by Gasteiger charge is -2.55. The normalized spacial score (nSPS) is 33.8. The van der Waals surface area contributed by atoms with Crippen LogP contribution in [0.15, 0.2) is 103 Å². The number of rotatable bonds is 28. The Morgan fingerprint density at radius 3 is 1.39 bits per heavy atom. The van der Waals surface area contributed by atoms with Gasteiger partial charge >= 0.3 is 47.8 Å². The van der Waals surface area contributed by atoms with Crippen molar-refractivity contribution in [3.63, 3.8) is 0 Å². The molecule has 21 heteroatoms. The molecule has 3 heterocycles. The van der Waals surface area contributed by atoms with Gasteiger partial charge in [-0.25, -0.2) is 19.2 Å². The Labute approximate surface area is 444 Å². The van der Waals surface area contributed by atoms with Gasteiger partial charge in [0.15, 0.2) is 0 Å². The van der Waals surface area contributed by atoms with Gasteiger partial charge in [-0.1, -0.05) is 64.0 Å². The summed E-state index contributed by atoms with van der Waals surface area (Å²) in [7, 11) is 0. The number of ether oxygens (including phenoxy) is 11. The number of hydrogen-bond acceptors (Lipinski definition) is 21. The highest BCUT2D eigenvalue weighted by Gasteiger charge is 2.83. The number of nitrogens with zero attached hydrogens (tertiary/aromatic N) is 1. The average molecular weight is 1070 g/mol. The van der Waals surface area contributed by atoms with Crippen LogP contribution >= 0.6 is 0 Å². The van der Waals surface area contributed by atoms with Crippen LogP contribution in [0, 0.1) is 49.7 Å². The van der Waals surface area contributed by atoms with Crippen LogP contribution < -0.4 is 0 Å². The molecule has 5 fully saturated rings. The second kappa shape index (κ2) is 20.4. The highest BCUT2D eigenvalue weighted by molar-refractivity contribution is 5.89. The van der Waals surface area contributed by atoms with Crippen LogP contribution in [0.5, 0.6) is 0 Å². The molecule has 0 radical (unpaired) electrons. The van der Waals surface area contributed by atoms with Crippen LogP contribution in [0.4, 0.5) is 0 Å². The molecule has 77 heavy (non-hydrogen) atoms. The Bertz CT molecular complexity index is 2550. The van der Waals surface area contributed by atoms with E-state index in [4.69, 9.17) is 52.1 Å². The van der Waals surface area contributed by atoms with Gasteiger partial charge in [0.25, 0.3) is 0 Å². The number of carbonyl (C=O) groups is 8. The molecule has 21 nitrogen and oxygen atoms in total. The topological polar surface area (TPSA) is 274 Å². The largest absolute Gasteiger partial charge is 0.494 e. The Kier molecular flexibility index (Phi) is 14.9. The van der Waals surface area contributed by atoms with Crippen molar-refractivity contribution in [2.24, 2.45) is 50.0 Å². The van der Waals surface area contributed by atoms with Crippen molar-refractivity contribution in [3.05, 3.63) is 102 Å². The van der Waals surface area contributed by atoms with Gasteiger partial charge in [0.1, 0.15) is 92.7 Å². The van der Waals surface area contributed by atoms with Crippen molar-refractivity contribution >= 4 is 47.8 Å². The standard InChI is InChI=1S/C56H65NO20/c1-11-14-51(17-19-57-66,28-70-41(58)32(2)3)48(65)74-27-50(24-67-45(62)36-21-49(10)52(36,18-20-75-49)29-71-42(59)33(4)5,25-68-46(63)37-22-55-39(76-55)12-15-53(37,55)30-72-43(60)34(6)7)26-69-47(64)38-23-56-40(77-56)13-16-54(38,56)31-73-44(61)35(8)9/h12-13,15-20,36-40H,2,4,6,8,11,14,21-31H2,1,3,5,7,9-10H3/b19-17-. The van der Waals surface area contributed by atoms with Crippen LogP contribution in [0.2, 0.25) is 0 Å². The van der Waals surface area contributed by atoms with E-state index < -0.39 is 142 Å². The van der Waals surface area contributed by atoms with Crippen LogP contribution in [0.3, 0.4) is 0 Å². The van der Waals surface area contributed by atoms with Crippen LogP contribution in [-0.4, -0.2) is 130 Å². The van der Waals surface area contributed by atoms with E-state index in [1.807, 2.05) is 0 Å². The third-order valence-corrected chi connectivity index (χ3v) is 17.0. The number of hydrogen-bond donors (Lipinski definition) is 0. The maximum Gasteiger partial charge on any atom is 0.333 e. The SMILES string of the molecule is C=C(C)C(=O)OCC(/C=C\N=O)(CCC)C(=O)OCC(COC(=O)C1CC2(C)OC=CC12COC(=O)C(=C)C)(COC(=O)C1CC23OC2C=CC13COC(=O)C(=C)C)COC(=O)C1CC23OC2C=CC13COC(=O)C(=C)C. The summed E-state index contributed by atoms with van der Waals surface area (Å²) in [5.41, 5.74) is -9.53. The Morgan fingerprint density at radius 2 is 1.00 bits per heavy atom. The smallest absolute Gasteiger partial charge is 0.333 e. The van der Waals surface area contributed by atoms with E-state index in [1.165, 1.54) is 34.0 Å². The maximum atomic E-state index is 14.7. The Morgan fingerprint density at radius 1 is 0.584 bits per heavy atom. The van der Waals surface area contributed by atoms with Gasteiger partial charge in [-0.05, 0) is 71.2 Å². The minimum absolute atomic E-state index is 0.0166. The van der Waals surface area contributed by atoms with Gasteiger partial charge in [0.2, 0.25) is 0 Å². The lowest BCUT2D eigenvalue weighted by Crippen LogP contribution is -2.64. The number of esters is 8. The molecule has 0 N–H and O–H groups in total. The van der Waals surface area contributed by atoms with E-state index in [1.54, 1.807) is 44.2 Å². The highest BCUT2D eigenvalue weighted by atomic mass is 16.6. The Hall–Kier alpha value is -7.00. The molecule has 2 spiro atoms. The first-order chi connectivity index (χ1) is 36.3. The molecule has 2 saturated heterocycles. The van der Waals surface area contributed by atoms with Gasteiger partial charge in [0, 0.05) is 28.7 Å². The molecular formula is C56H65NO20. The predicted molar refractivity (Wildman–Crippen MR) is 265 cm³/mol. The van der Waals surface area contributed by atoms with Gasteiger partial charge in [0.05, 0.1) is 46.5 Å². The number of carbonyl (C=O) groups excluding carboxylic acids is 8. The van der Waals surface area contributed by atoms with Crippen molar-refractivity contribution in [1.82, 2.24) is 0 Å². The number of epoxide rings is 2. The molecule has 0 aromatic carbocycles. The summed E-state index contributed by atoms with van der Waals surface area (Å²) >= 11 is 0. The number of fused-ring (bicyclic) bond motifs is 1. The summed E-state index contributed by atoms with van der Waals surface area (Å²) in [6.45, 7) is 19.4. The van der Waals surface area contributed by atoms with E-state index >= 15 is 0 Å². The fourth-order valence-electron chi connectivity index (χ4n) is 11.9. The molecule has 3 saturated carbocycles. The molecule has 3 aliphatic heterocycles. The van der Waals surface area contributed by atoms with Gasteiger partial charge in [-0.15, -0.1) is 4.91 Å². The van der Waals surface area contributed by atoms with E-state index in [9.17, 15) is 43.3 Å². The number of nitroso groups, excluding NO2 is 1. The molecule has 0 amide bonds. The van der Waals surface area contributed by atoms with Crippen molar-refractivity contribution in [2.45, 2.75) is 103 Å². The van der Waals surface area contributed by atoms with Gasteiger partial charge in [-0.2, -0.15) is 0 Å². The minimum atomic E-state index is -1.96. The first kappa shape index (κ1) is 56.2. The Balaban J connectivity index is 1.12. The average Bonchev–Trinajstić information content (AvgIpc) is 4.37. The van der Waals surface area contributed by atoms with Crippen LogP contribution in [0.1, 0.15) is 73.6 Å². The van der Waals surface area contributed by atoms with Gasteiger partial charge < -0.3 is 52.1 Å². The molecule has 8 rings (SSSR count). The van der Waals surface area contributed by atoms with Crippen molar-refractivity contribution in [2.75, 3.05) is 52.9 Å². The maximum absolute atomic E-state index is 14.7. The third-order valence-electron chi connectivity index (χ3n) is 17.0. The second-order valence-electron chi connectivity index (χ2n) is 22.3. The van der Waals surface area contributed by atoms with E-state index in [-0.39, 0.29) is 80.0 Å². The lowest BCUT2D eigenvalue weighted by atomic mass is 9.51. The molecule has 12 atom stereocenters. The zero-order chi connectivity index (χ0) is 56.1. The molecule has 5 aliphatic carbocycles. The minimum Gasteiger partial charge on any atom is -0.494 e. The van der Waals surface area contributed by atoms with Crippen molar-refractivity contribution in [1.29, 1.82) is 0 Å². The molecule has 8 aliphatic rings. The van der Waals surface area contributed by atoms with Crippen molar-refractivity contribution < 1.29 is 90.5 Å². The zero-order valence-corrected chi connectivity index (χ0v) is 44.1. The molecule has 0 bridgehead atoms. The summed E-state index contributed by atoms with van der Waals surface area (Å²) in [5.74, 6) is -9.31. The quantitative estimate of drug-likeness (QED) is 0.0236. The monoisotopic (exact) mass is 1070 g/mol. The second-order valence-corrected chi connectivity index (χ2v) is 22.3. The predicted octanol–water partition coefficient (Wildman–Crippen LogP) is 5.43. The molecule has 414 valence electrons. The molecule has 12 unspecified atom stereocenters.